The number of carboxylic acid groups (broad SMARTS) is 1. The highest BCUT2D eigenvalue weighted by molar-refractivity contribution is 5.87. The lowest BCUT2D eigenvalue weighted by Crippen LogP contribution is -1.99. The molecule has 0 aliphatic heterocycles. The first kappa shape index (κ1) is 13.8. The van der Waals surface area contributed by atoms with Gasteiger partial charge in [0.25, 0.3) is 5.89 Å². The van der Waals surface area contributed by atoms with Gasteiger partial charge in [0, 0.05) is 5.56 Å². The van der Waals surface area contributed by atoms with Gasteiger partial charge < -0.3 is 14.4 Å². The molecule has 0 unspecified atom stereocenters. The van der Waals surface area contributed by atoms with Crippen LogP contribution >= 0.6 is 0 Å². The molecule has 0 spiro atoms. The van der Waals surface area contributed by atoms with Crippen molar-refractivity contribution in [2.75, 3.05) is 0 Å². The van der Waals surface area contributed by atoms with Gasteiger partial charge in [-0.3, -0.25) is 0 Å². The van der Waals surface area contributed by atoms with Gasteiger partial charge in [0.1, 0.15) is 5.75 Å². The van der Waals surface area contributed by atoms with Crippen molar-refractivity contribution in [2.24, 2.45) is 0 Å². The fourth-order valence-electron chi connectivity index (χ4n) is 1.85. The molecule has 3 rings (SSSR count). The lowest BCUT2D eigenvalue weighted by atomic mass is 10.2. The average Bonchev–Trinajstić information content (AvgIpc) is 3.03. The predicted molar refractivity (Wildman–Crippen MR) is 77.5 cm³/mol. The maximum atomic E-state index is 10.8. The molecule has 110 valence electrons. The number of nitrogens with zero attached hydrogens (tertiary/aromatic N) is 2. The molecule has 3 aromatic rings. The van der Waals surface area contributed by atoms with Crippen LogP contribution in [0.5, 0.6) is 5.75 Å². The minimum Gasteiger partial charge on any atom is -0.485 e. The molecule has 6 heteroatoms. The predicted octanol–water partition coefficient (Wildman–Crippen LogP) is 3.01. The topological polar surface area (TPSA) is 85.5 Å². The maximum absolute atomic E-state index is 10.8. The van der Waals surface area contributed by atoms with E-state index in [1.807, 2.05) is 30.3 Å². The minimum absolute atomic E-state index is 0.142. The van der Waals surface area contributed by atoms with Crippen LogP contribution in [-0.2, 0) is 6.61 Å². The van der Waals surface area contributed by atoms with Gasteiger partial charge in [-0.25, -0.2) is 4.79 Å². The number of carboxylic acids is 1. The van der Waals surface area contributed by atoms with E-state index in [-0.39, 0.29) is 12.2 Å². The van der Waals surface area contributed by atoms with Gasteiger partial charge in [-0.2, -0.15) is 4.98 Å². The first-order valence-electron chi connectivity index (χ1n) is 6.56. The fourth-order valence-corrected chi connectivity index (χ4v) is 1.85. The van der Waals surface area contributed by atoms with Crippen LogP contribution in [0, 0.1) is 0 Å². The molecular formula is C16H12N2O4. The Morgan fingerprint density at radius 1 is 1.09 bits per heavy atom. The Labute approximate surface area is 126 Å². The van der Waals surface area contributed by atoms with Crippen molar-refractivity contribution in [3.8, 4) is 17.2 Å². The zero-order valence-electron chi connectivity index (χ0n) is 11.5. The van der Waals surface area contributed by atoms with Crippen LogP contribution in [0.15, 0.2) is 59.1 Å². The third kappa shape index (κ3) is 3.12. The highest BCUT2D eigenvalue weighted by Crippen LogP contribution is 2.17. The van der Waals surface area contributed by atoms with Crippen molar-refractivity contribution >= 4 is 5.97 Å². The van der Waals surface area contributed by atoms with Crippen LogP contribution in [0.3, 0.4) is 0 Å². The van der Waals surface area contributed by atoms with Crippen molar-refractivity contribution in [2.45, 2.75) is 6.61 Å². The molecule has 0 atom stereocenters. The van der Waals surface area contributed by atoms with Gasteiger partial charge >= 0.3 is 5.97 Å². The number of ether oxygens (including phenoxy) is 1. The molecule has 1 aromatic heterocycles. The van der Waals surface area contributed by atoms with E-state index in [2.05, 4.69) is 10.1 Å². The van der Waals surface area contributed by atoms with Gasteiger partial charge in [-0.1, -0.05) is 23.4 Å². The summed E-state index contributed by atoms with van der Waals surface area (Å²) in [7, 11) is 0. The van der Waals surface area contributed by atoms with Crippen molar-refractivity contribution in [3.05, 3.63) is 66.0 Å². The Balaban J connectivity index is 1.65. The van der Waals surface area contributed by atoms with Gasteiger partial charge in [0.05, 0.1) is 5.56 Å². The van der Waals surface area contributed by atoms with Crippen LogP contribution in [0.4, 0.5) is 0 Å². The summed E-state index contributed by atoms with van der Waals surface area (Å²) in [6.45, 7) is 0.142. The standard InChI is InChI=1S/C16H12N2O4/c19-16(20)12-6-8-13(9-7-12)21-10-14-17-15(22-18-14)11-4-2-1-3-5-11/h1-9H,10H2,(H,19,20). The number of aromatic nitrogens is 2. The number of rotatable bonds is 5. The van der Waals surface area contributed by atoms with E-state index in [4.69, 9.17) is 14.4 Å². The molecule has 2 aromatic carbocycles. The zero-order chi connectivity index (χ0) is 15.4. The smallest absolute Gasteiger partial charge is 0.335 e. The summed E-state index contributed by atoms with van der Waals surface area (Å²) in [5, 5.41) is 12.7. The summed E-state index contributed by atoms with van der Waals surface area (Å²) in [6.07, 6.45) is 0. The molecule has 0 bridgehead atoms. The van der Waals surface area contributed by atoms with E-state index < -0.39 is 5.97 Å². The summed E-state index contributed by atoms with van der Waals surface area (Å²) >= 11 is 0. The second kappa shape index (κ2) is 6.09. The number of benzene rings is 2. The van der Waals surface area contributed by atoms with Crippen LogP contribution in [0.1, 0.15) is 16.2 Å². The van der Waals surface area contributed by atoms with E-state index in [0.29, 0.717) is 17.5 Å². The Morgan fingerprint density at radius 3 is 2.50 bits per heavy atom. The monoisotopic (exact) mass is 296 g/mol. The molecule has 0 amide bonds. The van der Waals surface area contributed by atoms with Gasteiger partial charge in [-0.05, 0) is 36.4 Å². The zero-order valence-corrected chi connectivity index (χ0v) is 11.5. The second-order valence-corrected chi connectivity index (χ2v) is 4.50. The van der Waals surface area contributed by atoms with E-state index >= 15 is 0 Å². The molecule has 0 saturated heterocycles. The molecule has 0 saturated carbocycles. The minimum atomic E-state index is -0.975. The average molecular weight is 296 g/mol. The lowest BCUT2D eigenvalue weighted by molar-refractivity contribution is 0.0697. The van der Waals surface area contributed by atoms with E-state index in [0.717, 1.165) is 5.56 Å². The molecule has 22 heavy (non-hydrogen) atoms. The van der Waals surface area contributed by atoms with E-state index in [9.17, 15) is 4.79 Å². The molecule has 0 aliphatic rings. The second-order valence-electron chi connectivity index (χ2n) is 4.50. The van der Waals surface area contributed by atoms with Crippen LogP contribution in [0.2, 0.25) is 0 Å². The summed E-state index contributed by atoms with van der Waals surface area (Å²) in [5.74, 6) is 0.412. The third-order valence-corrected chi connectivity index (χ3v) is 2.96. The number of hydrogen-bond donors (Lipinski definition) is 1. The van der Waals surface area contributed by atoms with Gasteiger partial charge in [0.2, 0.25) is 5.82 Å². The highest BCUT2D eigenvalue weighted by atomic mass is 16.5. The third-order valence-electron chi connectivity index (χ3n) is 2.96. The molecule has 0 radical (unpaired) electrons. The Kier molecular flexibility index (Phi) is 3.82. The number of aromatic carboxylic acids is 1. The summed E-state index contributed by atoms with van der Waals surface area (Å²) < 4.78 is 10.7. The first-order chi connectivity index (χ1) is 10.7. The number of hydrogen-bond acceptors (Lipinski definition) is 5. The summed E-state index contributed by atoms with van der Waals surface area (Å²) in [4.78, 5) is 15.0. The fraction of sp³-hybridized carbons (Fsp3) is 0.0625. The normalized spacial score (nSPS) is 10.4. The van der Waals surface area contributed by atoms with Crippen LogP contribution in [0.25, 0.3) is 11.5 Å². The summed E-state index contributed by atoms with van der Waals surface area (Å²) in [5.41, 5.74) is 1.05. The lowest BCUT2D eigenvalue weighted by Gasteiger charge is -2.03. The molecule has 0 aliphatic carbocycles. The van der Waals surface area contributed by atoms with Crippen molar-refractivity contribution in [3.63, 3.8) is 0 Å². The quantitative estimate of drug-likeness (QED) is 0.779. The molecule has 1 N–H and O–H groups in total. The van der Waals surface area contributed by atoms with Crippen LogP contribution < -0.4 is 4.74 Å². The molecule has 6 nitrogen and oxygen atoms in total. The van der Waals surface area contributed by atoms with Gasteiger partial charge in [-0.15, -0.1) is 0 Å². The molecular weight excluding hydrogens is 284 g/mol. The molecule has 0 fully saturated rings. The Bertz CT molecular complexity index is 766. The molecule has 1 heterocycles. The largest absolute Gasteiger partial charge is 0.485 e. The Hall–Kier alpha value is -3.15. The van der Waals surface area contributed by atoms with Crippen molar-refractivity contribution in [1.29, 1.82) is 0 Å². The van der Waals surface area contributed by atoms with Crippen LogP contribution in [-0.4, -0.2) is 21.2 Å². The number of carbonyl (C=O) groups is 1. The van der Waals surface area contributed by atoms with E-state index in [1.54, 1.807) is 12.1 Å². The highest BCUT2D eigenvalue weighted by Gasteiger charge is 2.09. The first-order valence-corrected chi connectivity index (χ1v) is 6.56. The van der Waals surface area contributed by atoms with E-state index in [1.165, 1.54) is 12.1 Å². The van der Waals surface area contributed by atoms with Gasteiger partial charge in [0.15, 0.2) is 6.61 Å². The van der Waals surface area contributed by atoms with Crippen molar-refractivity contribution in [1.82, 2.24) is 10.1 Å². The van der Waals surface area contributed by atoms with Crippen molar-refractivity contribution < 1.29 is 19.2 Å². The maximum Gasteiger partial charge on any atom is 0.335 e. The Morgan fingerprint density at radius 2 is 1.82 bits per heavy atom. The SMILES string of the molecule is O=C(O)c1ccc(OCc2noc(-c3ccccc3)n2)cc1. The summed E-state index contributed by atoms with van der Waals surface area (Å²) in [6, 6.07) is 15.6.